The van der Waals surface area contributed by atoms with Gasteiger partial charge in [0.15, 0.2) is 0 Å². The SMILES string of the molecule is CCCN(Cc1cnn(CCO)c1)CC1CCCCN1. The molecule has 1 aliphatic heterocycles. The van der Waals surface area contributed by atoms with E-state index in [0.717, 1.165) is 19.6 Å². The number of hydrogen-bond acceptors (Lipinski definition) is 4. The highest BCUT2D eigenvalue weighted by Crippen LogP contribution is 2.11. The summed E-state index contributed by atoms with van der Waals surface area (Å²) < 4.78 is 1.82. The number of hydrogen-bond donors (Lipinski definition) is 2. The fourth-order valence-electron chi connectivity index (χ4n) is 2.91. The second kappa shape index (κ2) is 8.39. The van der Waals surface area contributed by atoms with Crippen molar-refractivity contribution in [1.29, 1.82) is 0 Å². The molecule has 5 heteroatoms. The lowest BCUT2D eigenvalue weighted by Crippen LogP contribution is -2.43. The summed E-state index contributed by atoms with van der Waals surface area (Å²) >= 11 is 0. The van der Waals surface area contributed by atoms with E-state index in [1.807, 2.05) is 17.1 Å². The van der Waals surface area contributed by atoms with Gasteiger partial charge in [0.05, 0.1) is 19.3 Å². The molecule has 0 bridgehead atoms. The first kappa shape index (κ1) is 15.5. The minimum absolute atomic E-state index is 0.145. The first-order valence-corrected chi connectivity index (χ1v) is 7.89. The number of nitrogens with one attached hydrogen (secondary N) is 1. The first-order chi connectivity index (χ1) is 9.81. The van der Waals surface area contributed by atoms with Gasteiger partial charge in [0.2, 0.25) is 0 Å². The van der Waals surface area contributed by atoms with Gasteiger partial charge in [0, 0.05) is 30.9 Å². The predicted octanol–water partition coefficient (Wildman–Crippen LogP) is 1.23. The first-order valence-electron chi connectivity index (χ1n) is 7.89. The third-order valence-corrected chi connectivity index (χ3v) is 3.85. The Hall–Kier alpha value is -0.910. The standard InChI is InChI=1S/C15H28N4O/c1-2-7-18(13-15-5-3-4-6-16-15)11-14-10-17-19(12-14)8-9-20/h10,12,15-16,20H,2-9,11,13H2,1H3. The fourth-order valence-corrected chi connectivity index (χ4v) is 2.91. The van der Waals surface area contributed by atoms with Crippen molar-refractivity contribution in [3.05, 3.63) is 18.0 Å². The number of aliphatic hydroxyl groups excluding tert-OH is 1. The molecule has 2 rings (SSSR count). The molecule has 1 aliphatic rings. The van der Waals surface area contributed by atoms with Gasteiger partial charge >= 0.3 is 0 Å². The number of aromatic nitrogens is 2. The summed E-state index contributed by atoms with van der Waals surface area (Å²) in [4.78, 5) is 2.52. The monoisotopic (exact) mass is 280 g/mol. The van der Waals surface area contributed by atoms with Gasteiger partial charge in [0.1, 0.15) is 0 Å². The maximum absolute atomic E-state index is 8.93. The van der Waals surface area contributed by atoms with Crippen molar-refractivity contribution in [1.82, 2.24) is 20.0 Å². The van der Waals surface area contributed by atoms with Crippen LogP contribution in [0.5, 0.6) is 0 Å². The number of nitrogens with zero attached hydrogens (tertiary/aromatic N) is 3. The van der Waals surface area contributed by atoms with Crippen LogP contribution in [0.4, 0.5) is 0 Å². The zero-order valence-corrected chi connectivity index (χ0v) is 12.6. The van der Waals surface area contributed by atoms with Crippen LogP contribution in [0.1, 0.15) is 38.2 Å². The molecule has 1 fully saturated rings. The summed E-state index contributed by atoms with van der Waals surface area (Å²) in [7, 11) is 0. The van der Waals surface area contributed by atoms with Gasteiger partial charge in [-0.15, -0.1) is 0 Å². The molecule has 0 aliphatic carbocycles. The van der Waals surface area contributed by atoms with Crippen LogP contribution >= 0.6 is 0 Å². The third kappa shape index (κ3) is 4.89. The van der Waals surface area contributed by atoms with Gasteiger partial charge in [-0.3, -0.25) is 9.58 Å². The van der Waals surface area contributed by atoms with Gasteiger partial charge in [-0.1, -0.05) is 13.3 Å². The summed E-state index contributed by atoms with van der Waals surface area (Å²) in [5, 5.41) is 16.8. The van der Waals surface area contributed by atoms with Crippen molar-refractivity contribution >= 4 is 0 Å². The Morgan fingerprint density at radius 2 is 2.40 bits per heavy atom. The van der Waals surface area contributed by atoms with Gasteiger partial charge in [0.25, 0.3) is 0 Å². The van der Waals surface area contributed by atoms with Crippen molar-refractivity contribution in [3.63, 3.8) is 0 Å². The minimum Gasteiger partial charge on any atom is -0.394 e. The second-order valence-corrected chi connectivity index (χ2v) is 5.72. The molecule has 0 amide bonds. The molecule has 5 nitrogen and oxygen atoms in total. The average Bonchev–Trinajstić information content (AvgIpc) is 2.88. The summed E-state index contributed by atoms with van der Waals surface area (Å²) in [6, 6.07) is 0.641. The van der Waals surface area contributed by atoms with E-state index in [0.29, 0.717) is 12.6 Å². The maximum Gasteiger partial charge on any atom is 0.0640 e. The predicted molar refractivity (Wildman–Crippen MR) is 80.5 cm³/mol. The molecular weight excluding hydrogens is 252 g/mol. The molecular formula is C15H28N4O. The largest absolute Gasteiger partial charge is 0.394 e. The fraction of sp³-hybridized carbons (Fsp3) is 0.800. The van der Waals surface area contributed by atoms with E-state index in [4.69, 9.17) is 5.11 Å². The van der Waals surface area contributed by atoms with Crippen LogP contribution in [0.3, 0.4) is 0 Å². The van der Waals surface area contributed by atoms with Crippen molar-refractivity contribution < 1.29 is 5.11 Å². The van der Waals surface area contributed by atoms with Crippen LogP contribution in [-0.2, 0) is 13.1 Å². The maximum atomic E-state index is 8.93. The van der Waals surface area contributed by atoms with Crippen LogP contribution in [0.2, 0.25) is 0 Å². The molecule has 1 aromatic heterocycles. The Bertz CT molecular complexity index is 374. The molecule has 20 heavy (non-hydrogen) atoms. The molecule has 114 valence electrons. The highest BCUT2D eigenvalue weighted by Gasteiger charge is 2.16. The zero-order valence-electron chi connectivity index (χ0n) is 12.6. The van der Waals surface area contributed by atoms with E-state index in [9.17, 15) is 0 Å². The van der Waals surface area contributed by atoms with Gasteiger partial charge < -0.3 is 10.4 Å². The Labute approximate surface area is 122 Å². The average molecular weight is 280 g/mol. The smallest absolute Gasteiger partial charge is 0.0640 e. The number of piperidine rings is 1. The van der Waals surface area contributed by atoms with Crippen molar-refractivity contribution in [2.75, 3.05) is 26.2 Å². The van der Waals surface area contributed by atoms with Crippen molar-refractivity contribution in [2.24, 2.45) is 0 Å². The van der Waals surface area contributed by atoms with Crippen LogP contribution in [-0.4, -0.2) is 52.1 Å². The Morgan fingerprint density at radius 3 is 3.10 bits per heavy atom. The van der Waals surface area contributed by atoms with E-state index in [-0.39, 0.29) is 6.61 Å². The molecule has 1 atom stereocenters. The highest BCUT2D eigenvalue weighted by molar-refractivity contribution is 5.03. The normalized spacial score (nSPS) is 19.6. The lowest BCUT2D eigenvalue weighted by atomic mass is 10.0. The highest BCUT2D eigenvalue weighted by atomic mass is 16.3. The molecule has 0 aromatic carbocycles. The van der Waals surface area contributed by atoms with E-state index >= 15 is 0 Å². The molecule has 0 radical (unpaired) electrons. The topological polar surface area (TPSA) is 53.3 Å². The molecule has 0 saturated carbocycles. The van der Waals surface area contributed by atoms with Crippen LogP contribution in [0.25, 0.3) is 0 Å². The minimum atomic E-state index is 0.145. The van der Waals surface area contributed by atoms with Gasteiger partial charge in [-0.25, -0.2) is 0 Å². The summed E-state index contributed by atoms with van der Waals surface area (Å²) in [6.07, 6.45) is 9.12. The Kier molecular flexibility index (Phi) is 6.50. The number of rotatable bonds is 8. The molecule has 2 N–H and O–H groups in total. The molecule has 1 aromatic rings. The Balaban J connectivity index is 1.86. The van der Waals surface area contributed by atoms with E-state index in [1.54, 1.807) is 0 Å². The summed E-state index contributed by atoms with van der Waals surface area (Å²) in [6.45, 7) is 7.33. The van der Waals surface area contributed by atoms with Crippen LogP contribution < -0.4 is 5.32 Å². The van der Waals surface area contributed by atoms with Crippen LogP contribution in [0, 0.1) is 0 Å². The zero-order chi connectivity index (χ0) is 14.2. The van der Waals surface area contributed by atoms with Crippen molar-refractivity contribution in [3.8, 4) is 0 Å². The molecule has 2 heterocycles. The van der Waals surface area contributed by atoms with E-state index in [1.165, 1.54) is 37.8 Å². The number of aliphatic hydroxyl groups is 1. The van der Waals surface area contributed by atoms with Gasteiger partial charge in [-0.2, -0.15) is 5.10 Å². The second-order valence-electron chi connectivity index (χ2n) is 5.72. The quantitative estimate of drug-likeness (QED) is 0.752. The van der Waals surface area contributed by atoms with Gasteiger partial charge in [-0.05, 0) is 32.4 Å². The lowest BCUT2D eigenvalue weighted by Gasteiger charge is -2.30. The van der Waals surface area contributed by atoms with E-state index in [2.05, 4.69) is 22.2 Å². The third-order valence-electron chi connectivity index (χ3n) is 3.85. The summed E-state index contributed by atoms with van der Waals surface area (Å²) in [5.74, 6) is 0. The molecule has 1 saturated heterocycles. The summed E-state index contributed by atoms with van der Waals surface area (Å²) in [5.41, 5.74) is 1.24. The molecule has 1 unspecified atom stereocenters. The molecule has 0 spiro atoms. The van der Waals surface area contributed by atoms with Crippen LogP contribution in [0.15, 0.2) is 12.4 Å². The van der Waals surface area contributed by atoms with E-state index < -0.39 is 0 Å². The lowest BCUT2D eigenvalue weighted by molar-refractivity contribution is 0.217. The van der Waals surface area contributed by atoms with Crippen molar-refractivity contribution in [2.45, 2.75) is 51.7 Å². The Morgan fingerprint density at radius 1 is 1.50 bits per heavy atom.